The number of carbonyl (C=O) groups is 2. The Morgan fingerprint density at radius 3 is 2.44 bits per heavy atom. The summed E-state index contributed by atoms with van der Waals surface area (Å²) in [5, 5.41) is 3.10. The molecule has 3 N–H and O–H groups in total. The second-order valence-electron chi connectivity index (χ2n) is 8.73. The van der Waals surface area contributed by atoms with E-state index in [1.54, 1.807) is 43.6 Å². The van der Waals surface area contributed by atoms with E-state index in [0.717, 1.165) is 12.8 Å². The third-order valence-electron chi connectivity index (χ3n) is 5.13. The first-order chi connectivity index (χ1) is 16.3. The van der Waals surface area contributed by atoms with Crippen LogP contribution in [0.3, 0.4) is 0 Å². The molecule has 0 saturated heterocycles. The van der Waals surface area contributed by atoms with Gasteiger partial charge >= 0.3 is 0 Å². The Balaban J connectivity index is 0.000000391. The summed E-state index contributed by atoms with van der Waals surface area (Å²) in [6, 6.07) is 8.99. The van der Waals surface area contributed by atoms with Gasteiger partial charge in [0.25, 0.3) is 5.91 Å². The summed E-state index contributed by atoms with van der Waals surface area (Å²) in [7, 11) is 1.71. The van der Waals surface area contributed by atoms with Crippen molar-refractivity contribution in [1.82, 2.24) is 10.3 Å². The maximum atomic E-state index is 12.6. The lowest BCUT2D eigenvalue weighted by molar-refractivity contribution is -0.106. The summed E-state index contributed by atoms with van der Waals surface area (Å²) < 4.78 is 21.4. The van der Waals surface area contributed by atoms with Crippen LogP contribution in [-0.2, 0) is 9.53 Å². The van der Waals surface area contributed by atoms with Gasteiger partial charge in [0.2, 0.25) is 19.1 Å². The van der Waals surface area contributed by atoms with Crippen LogP contribution in [0.2, 0.25) is 0 Å². The molecule has 0 spiro atoms. The van der Waals surface area contributed by atoms with Gasteiger partial charge in [-0.05, 0) is 57.9 Å². The van der Waals surface area contributed by atoms with Crippen LogP contribution in [-0.4, -0.2) is 42.8 Å². The van der Waals surface area contributed by atoms with Crippen LogP contribution < -0.4 is 25.3 Å². The molecule has 0 unspecified atom stereocenters. The average Bonchev–Trinajstić information content (AvgIpc) is 3.28. The van der Waals surface area contributed by atoms with E-state index >= 15 is 0 Å². The molecule has 9 nitrogen and oxygen atoms in total. The van der Waals surface area contributed by atoms with Crippen molar-refractivity contribution in [2.75, 3.05) is 13.9 Å². The summed E-state index contributed by atoms with van der Waals surface area (Å²) in [5.41, 5.74) is 4.64. The van der Waals surface area contributed by atoms with E-state index in [1.807, 2.05) is 20.8 Å². The highest BCUT2D eigenvalue weighted by Crippen LogP contribution is 2.36. The van der Waals surface area contributed by atoms with Crippen LogP contribution in [0.15, 0.2) is 36.5 Å². The fourth-order valence-corrected chi connectivity index (χ4v) is 3.21. The van der Waals surface area contributed by atoms with Crippen LogP contribution in [0.5, 0.6) is 23.1 Å². The minimum absolute atomic E-state index is 0.0417. The molecule has 0 radical (unpaired) electrons. The topological polar surface area (TPSA) is 122 Å². The van der Waals surface area contributed by atoms with Gasteiger partial charge in [-0.2, -0.15) is 0 Å². The Bertz CT molecular complexity index is 923. The molecule has 2 aromatic rings. The van der Waals surface area contributed by atoms with Crippen LogP contribution >= 0.6 is 0 Å². The first kappa shape index (κ1) is 26.9. The quantitative estimate of drug-likeness (QED) is 0.638. The van der Waals surface area contributed by atoms with Crippen molar-refractivity contribution < 1.29 is 28.5 Å². The van der Waals surface area contributed by atoms with Gasteiger partial charge in [0.1, 0.15) is 11.3 Å². The van der Waals surface area contributed by atoms with Crippen molar-refractivity contribution in [2.24, 2.45) is 5.73 Å². The number of nitrogens with one attached hydrogen (secondary N) is 1. The predicted octanol–water partition coefficient (Wildman–Crippen LogP) is 4.20. The Morgan fingerprint density at radius 2 is 1.79 bits per heavy atom. The first-order valence-corrected chi connectivity index (χ1v) is 11.3. The number of hydrogen-bond acceptors (Lipinski definition) is 7. The predicted molar refractivity (Wildman–Crippen MR) is 128 cm³/mol. The Morgan fingerprint density at radius 1 is 1.15 bits per heavy atom. The van der Waals surface area contributed by atoms with Crippen molar-refractivity contribution in [2.45, 2.75) is 64.5 Å². The van der Waals surface area contributed by atoms with Crippen molar-refractivity contribution in [3.8, 4) is 23.1 Å². The summed E-state index contributed by atoms with van der Waals surface area (Å²) in [6.07, 6.45) is 7.50. The average molecular weight is 474 g/mol. The van der Waals surface area contributed by atoms with Gasteiger partial charge in [-0.1, -0.05) is 19.3 Å². The van der Waals surface area contributed by atoms with Crippen LogP contribution in [0.1, 0.15) is 63.2 Å². The van der Waals surface area contributed by atoms with Crippen molar-refractivity contribution in [3.63, 3.8) is 0 Å². The van der Waals surface area contributed by atoms with Crippen molar-refractivity contribution >= 4 is 12.3 Å². The fourth-order valence-electron chi connectivity index (χ4n) is 3.21. The number of nitrogens with two attached hydrogens (primary N) is 1. The fraction of sp³-hybridized carbons (Fsp3) is 0.480. The zero-order chi connectivity index (χ0) is 25.0. The number of ether oxygens (including phenoxy) is 4. The van der Waals surface area contributed by atoms with Gasteiger partial charge in [0, 0.05) is 25.4 Å². The molecule has 1 aliphatic carbocycles. The molecule has 0 atom stereocenters. The molecule has 2 aliphatic rings. The second-order valence-corrected chi connectivity index (χ2v) is 8.73. The minimum atomic E-state index is -0.143. The number of methoxy groups -OCH3 is 1. The van der Waals surface area contributed by atoms with Crippen LogP contribution in [0.25, 0.3) is 0 Å². The van der Waals surface area contributed by atoms with Crippen molar-refractivity contribution in [1.29, 1.82) is 0 Å². The molecule has 4 rings (SSSR count). The number of amides is 2. The van der Waals surface area contributed by atoms with Crippen LogP contribution in [0.4, 0.5) is 0 Å². The second kappa shape index (κ2) is 13.4. The molecule has 9 heteroatoms. The number of carbonyl (C=O) groups excluding carboxylic acids is 2. The molecule has 34 heavy (non-hydrogen) atoms. The van der Waals surface area contributed by atoms with E-state index in [-0.39, 0.29) is 36.6 Å². The number of benzene rings is 1. The maximum Gasteiger partial charge on any atom is 0.257 e. The summed E-state index contributed by atoms with van der Waals surface area (Å²) in [5.74, 6) is 2.00. The molecule has 1 saturated carbocycles. The Labute approximate surface area is 200 Å². The highest BCUT2D eigenvalue weighted by atomic mass is 16.7. The van der Waals surface area contributed by atoms with E-state index in [0.29, 0.717) is 22.8 Å². The summed E-state index contributed by atoms with van der Waals surface area (Å²) >= 11 is 0. The molecule has 1 aliphatic heterocycles. The zero-order valence-corrected chi connectivity index (χ0v) is 20.3. The lowest BCUT2D eigenvalue weighted by atomic mass is 9.95. The standard InChI is InChI=1S/C19H20N2O4.C5H12O.CH3NO/c22-18(21-13-5-2-1-3-6-13)15-7-4-10-20-19(15)25-14-8-9-16-17(11-14)24-12-23-16;1-5(2,3)6-4;2-1-3/h4,7-11,13H,1-3,5-6,12H2,(H,21,22);1-4H3;1H,(H2,2,3). The number of nitrogens with zero attached hydrogens (tertiary/aromatic N) is 1. The summed E-state index contributed by atoms with van der Waals surface area (Å²) in [4.78, 5) is 25.4. The highest BCUT2D eigenvalue weighted by molar-refractivity contribution is 5.96. The van der Waals surface area contributed by atoms with E-state index in [9.17, 15) is 4.79 Å². The summed E-state index contributed by atoms with van der Waals surface area (Å²) in [6.45, 7) is 6.27. The minimum Gasteiger partial charge on any atom is -0.454 e. The number of pyridine rings is 1. The maximum absolute atomic E-state index is 12.6. The van der Waals surface area contributed by atoms with Gasteiger partial charge in [0.05, 0.1) is 5.60 Å². The largest absolute Gasteiger partial charge is 0.454 e. The number of rotatable bonds is 4. The number of primary amides is 1. The third-order valence-corrected chi connectivity index (χ3v) is 5.13. The molecule has 186 valence electrons. The van der Waals surface area contributed by atoms with E-state index in [1.165, 1.54) is 19.3 Å². The molecule has 1 aromatic heterocycles. The van der Waals surface area contributed by atoms with Gasteiger partial charge in [-0.25, -0.2) is 4.98 Å². The third kappa shape index (κ3) is 8.90. The lowest BCUT2D eigenvalue weighted by Gasteiger charge is -2.23. The first-order valence-electron chi connectivity index (χ1n) is 11.3. The highest BCUT2D eigenvalue weighted by Gasteiger charge is 2.21. The van der Waals surface area contributed by atoms with Gasteiger partial charge in [-0.3, -0.25) is 9.59 Å². The number of fused-ring (bicyclic) bond motifs is 1. The van der Waals surface area contributed by atoms with E-state index < -0.39 is 0 Å². The lowest BCUT2D eigenvalue weighted by Crippen LogP contribution is -2.36. The zero-order valence-electron chi connectivity index (χ0n) is 20.3. The molecular formula is C25H35N3O6. The molecule has 0 bridgehead atoms. The molecule has 1 fully saturated rings. The number of aromatic nitrogens is 1. The van der Waals surface area contributed by atoms with Crippen molar-refractivity contribution in [3.05, 3.63) is 42.1 Å². The number of hydrogen-bond donors (Lipinski definition) is 2. The van der Waals surface area contributed by atoms with Gasteiger partial charge < -0.3 is 30.0 Å². The molecule has 2 amide bonds. The Hall–Kier alpha value is -3.33. The Kier molecular flexibility index (Phi) is 10.6. The van der Waals surface area contributed by atoms with E-state index in [2.05, 4.69) is 16.0 Å². The monoisotopic (exact) mass is 473 g/mol. The van der Waals surface area contributed by atoms with Gasteiger partial charge in [0.15, 0.2) is 11.5 Å². The van der Waals surface area contributed by atoms with E-state index in [4.69, 9.17) is 23.7 Å². The van der Waals surface area contributed by atoms with Gasteiger partial charge in [-0.15, -0.1) is 0 Å². The normalized spacial score (nSPS) is 14.6. The molecular weight excluding hydrogens is 438 g/mol. The molecule has 2 heterocycles. The van der Waals surface area contributed by atoms with Crippen LogP contribution in [0, 0.1) is 0 Å². The molecule has 1 aromatic carbocycles. The SMILES string of the molecule is COC(C)(C)C.NC=O.O=C(NC1CCCCC1)c1cccnc1Oc1ccc2c(c1)OCO2. The smallest absolute Gasteiger partial charge is 0.257 e.